The molecule has 0 bridgehead atoms. The Hall–Kier alpha value is -1.15. The van der Waals surface area contributed by atoms with E-state index in [1.807, 2.05) is 6.08 Å². The quantitative estimate of drug-likeness (QED) is 0.829. The van der Waals surface area contributed by atoms with E-state index in [0.717, 1.165) is 12.0 Å². The van der Waals surface area contributed by atoms with Gasteiger partial charge in [0.15, 0.2) is 0 Å². The van der Waals surface area contributed by atoms with Gasteiger partial charge in [0.1, 0.15) is 5.82 Å². The highest BCUT2D eigenvalue weighted by Gasteiger charge is 2.58. The molecular weight excluding hydrogens is 203 g/mol. The van der Waals surface area contributed by atoms with Crippen molar-refractivity contribution in [3.05, 3.63) is 41.7 Å². The molecule has 1 aromatic carbocycles. The normalized spacial score (nSPS) is 27.2. The van der Waals surface area contributed by atoms with Crippen molar-refractivity contribution in [2.24, 2.45) is 10.8 Å². The SMILES string of the molecule is CC1(C)CC1(/C=C/c1ccc(F)cc1)CO. The van der Waals surface area contributed by atoms with E-state index >= 15 is 0 Å². The van der Waals surface area contributed by atoms with Crippen LogP contribution in [-0.4, -0.2) is 11.7 Å². The molecule has 86 valence electrons. The number of aliphatic hydroxyl groups is 1. The van der Waals surface area contributed by atoms with Crippen LogP contribution in [0, 0.1) is 16.6 Å². The second-order valence-electron chi connectivity index (χ2n) is 5.26. The minimum absolute atomic E-state index is 0.0820. The first-order valence-corrected chi connectivity index (χ1v) is 5.55. The average molecular weight is 220 g/mol. The highest BCUT2D eigenvalue weighted by molar-refractivity contribution is 5.51. The summed E-state index contributed by atoms with van der Waals surface area (Å²) in [6.45, 7) is 4.48. The summed E-state index contributed by atoms with van der Waals surface area (Å²) in [5.74, 6) is -0.222. The maximum Gasteiger partial charge on any atom is 0.123 e. The predicted octanol–water partition coefficient (Wildman–Crippen LogP) is 3.25. The van der Waals surface area contributed by atoms with Crippen LogP contribution in [0.15, 0.2) is 30.3 Å². The van der Waals surface area contributed by atoms with E-state index in [1.165, 1.54) is 12.1 Å². The Bertz CT molecular complexity index is 405. The standard InChI is InChI=1S/C14H17FO/c1-13(2)9-14(13,10-16)8-7-11-3-5-12(15)6-4-11/h3-8,16H,9-10H2,1-2H3/b8-7+. The predicted molar refractivity (Wildman–Crippen MR) is 63.4 cm³/mol. The molecule has 1 aromatic rings. The van der Waals surface area contributed by atoms with Crippen molar-refractivity contribution >= 4 is 6.08 Å². The third-order valence-electron chi connectivity index (χ3n) is 3.73. The van der Waals surface area contributed by atoms with Gasteiger partial charge < -0.3 is 5.11 Å². The third-order valence-corrected chi connectivity index (χ3v) is 3.73. The van der Waals surface area contributed by atoms with E-state index in [1.54, 1.807) is 12.1 Å². The molecule has 16 heavy (non-hydrogen) atoms. The zero-order valence-corrected chi connectivity index (χ0v) is 9.70. The van der Waals surface area contributed by atoms with E-state index in [-0.39, 0.29) is 23.3 Å². The van der Waals surface area contributed by atoms with Gasteiger partial charge in [-0.1, -0.05) is 38.1 Å². The molecule has 0 amide bonds. The zero-order valence-electron chi connectivity index (χ0n) is 9.70. The van der Waals surface area contributed by atoms with Crippen molar-refractivity contribution in [1.29, 1.82) is 0 Å². The Balaban J connectivity index is 2.13. The summed E-state index contributed by atoms with van der Waals surface area (Å²) in [5.41, 5.74) is 1.07. The molecule has 1 unspecified atom stereocenters. The molecule has 1 N–H and O–H groups in total. The van der Waals surface area contributed by atoms with Crippen molar-refractivity contribution < 1.29 is 9.50 Å². The summed E-state index contributed by atoms with van der Waals surface area (Å²) >= 11 is 0. The molecule has 2 rings (SSSR count). The van der Waals surface area contributed by atoms with Gasteiger partial charge in [0.05, 0.1) is 6.61 Å². The molecule has 1 atom stereocenters. The van der Waals surface area contributed by atoms with Gasteiger partial charge in [0.2, 0.25) is 0 Å². The van der Waals surface area contributed by atoms with Crippen LogP contribution >= 0.6 is 0 Å². The molecule has 0 spiro atoms. The van der Waals surface area contributed by atoms with Gasteiger partial charge >= 0.3 is 0 Å². The zero-order chi connectivity index (χ0) is 11.8. The second-order valence-corrected chi connectivity index (χ2v) is 5.26. The van der Waals surface area contributed by atoms with Gasteiger partial charge in [-0.3, -0.25) is 0 Å². The van der Waals surface area contributed by atoms with Gasteiger partial charge in [-0.2, -0.15) is 0 Å². The molecule has 0 heterocycles. The minimum atomic E-state index is -0.222. The Kier molecular flexibility index (Phi) is 2.62. The maximum absolute atomic E-state index is 12.7. The largest absolute Gasteiger partial charge is 0.395 e. The summed E-state index contributed by atoms with van der Waals surface area (Å²) in [4.78, 5) is 0. The lowest BCUT2D eigenvalue weighted by Crippen LogP contribution is -2.10. The van der Waals surface area contributed by atoms with E-state index < -0.39 is 0 Å². The summed E-state index contributed by atoms with van der Waals surface area (Å²) < 4.78 is 12.7. The molecule has 0 aromatic heterocycles. The number of aliphatic hydroxyl groups excluding tert-OH is 1. The summed E-state index contributed by atoms with van der Waals surface area (Å²) in [6, 6.07) is 6.38. The number of benzene rings is 1. The van der Waals surface area contributed by atoms with Gasteiger partial charge in [0, 0.05) is 5.41 Å². The monoisotopic (exact) mass is 220 g/mol. The van der Waals surface area contributed by atoms with Crippen LogP contribution < -0.4 is 0 Å². The maximum atomic E-state index is 12.7. The lowest BCUT2D eigenvalue weighted by molar-refractivity contribution is 0.215. The average Bonchev–Trinajstić information content (AvgIpc) is 2.81. The van der Waals surface area contributed by atoms with Crippen LogP contribution in [0.1, 0.15) is 25.8 Å². The van der Waals surface area contributed by atoms with Gasteiger partial charge in [0.25, 0.3) is 0 Å². The fraction of sp³-hybridized carbons (Fsp3) is 0.429. The van der Waals surface area contributed by atoms with E-state index in [4.69, 9.17) is 0 Å². The van der Waals surface area contributed by atoms with Crippen LogP contribution in [0.4, 0.5) is 4.39 Å². The van der Waals surface area contributed by atoms with E-state index in [2.05, 4.69) is 19.9 Å². The van der Waals surface area contributed by atoms with Gasteiger partial charge in [-0.05, 0) is 29.5 Å². The molecule has 1 fully saturated rings. The summed E-state index contributed by atoms with van der Waals surface area (Å²) in [5, 5.41) is 9.40. The Morgan fingerprint density at radius 3 is 2.31 bits per heavy atom. The van der Waals surface area contributed by atoms with Crippen LogP contribution in [0.2, 0.25) is 0 Å². The molecule has 2 heteroatoms. The molecule has 0 saturated heterocycles. The highest BCUT2D eigenvalue weighted by Crippen LogP contribution is 2.64. The summed E-state index contributed by atoms with van der Waals surface area (Å²) in [6.07, 6.45) is 5.03. The van der Waals surface area contributed by atoms with Crippen LogP contribution in [-0.2, 0) is 0 Å². The van der Waals surface area contributed by atoms with Gasteiger partial charge in [-0.25, -0.2) is 4.39 Å². The number of hydrogen-bond donors (Lipinski definition) is 1. The number of rotatable bonds is 3. The first-order valence-electron chi connectivity index (χ1n) is 5.55. The first kappa shape index (κ1) is 11.3. The van der Waals surface area contributed by atoms with Crippen molar-refractivity contribution in [2.75, 3.05) is 6.61 Å². The van der Waals surface area contributed by atoms with Crippen molar-refractivity contribution in [3.8, 4) is 0 Å². The smallest absolute Gasteiger partial charge is 0.123 e. The van der Waals surface area contributed by atoms with Gasteiger partial charge in [-0.15, -0.1) is 0 Å². The molecule has 0 radical (unpaired) electrons. The molecule has 1 aliphatic rings. The number of hydrogen-bond acceptors (Lipinski definition) is 1. The topological polar surface area (TPSA) is 20.2 Å². The Labute approximate surface area is 95.6 Å². The lowest BCUT2D eigenvalue weighted by atomic mass is 9.95. The Morgan fingerprint density at radius 1 is 1.31 bits per heavy atom. The fourth-order valence-electron chi connectivity index (χ4n) is 2.18. The number of halogens is 1. The van der Waals surface area contributed by atoms with Crippen molar-refractivity contribution in [2.45, 2.75) is 20.3 Å². The van der Waals surface area contributed by atoms with Crippen LogP contribution in [0.3, 0.4) is 0 Å². The molecule has 1 saturated carbocycles. The molecule has 1 nitrogen and oxygen atoms in total. The summed E-state index contributed by atoms with van der Waals surface area (Å²) in [7, 11) is 0. The molecule has 0 aliphatic heterocycles. The van der Waals surface area contributed by atoms with Crippen molar-refractivity contribution in [3.63, 3.8) is 0 Å². The van der Waals surface area contributed by atoms with Crippen LogP contribution in [0.5, 0.6) is 0 Å². The first-order chi connectivity index (χ1) is 7.49. The van der Waals surface area contributed by atoms with Crippen molar-refractivity contribution in [1.82, 2.24) is 0 Å². The Morgan fingerprint density at radius 2 is 1.88 bits per heavy atom. The molecular formula is C14H17FO. The minimum Gasteiger partial charge on any atom is -0.395 e. The van der Waals surface area contributed by atoms with E-state index in [9.17, 15) is 9.50 Å². The second kappa shape index (κ2) is 3.70. The lowest BCUT2D eigenvalue weighted by Gasteiger charge is -2.12. The highest BCUT2D eigenvalue weighted by atomic mass is 19.1. The van der Waals surface area contributed by atoms with E-state index in [0.29, 0.717) is 0 Å². The third kappa shape index (κ3) is 1.90. The molecule has 1 aliphatic carbocycles. The van der Waals surface area contributed by atoms with Crippen LogP contribution in [0.25, 0.3) is 6.08 Å². The fourth-order valence-corrected chi connectivity index (χ4v) is 2.18.